The van der Waals surface area contributed by atoms with Crippen molar-refractivity contribution in [3.63, 3.8) is 0 Å². The quantitative estimate of drug-likeness (QED) is 0.594. The van der Waals surface area contributed by atoms with E-state index in [-0.39, 0.29) is 12.2 Å². The fourth-order valence-electron chi connectivity index (χ4n) is 1.98. The minimum absolute atomic E-state index is 0.100. The van der Waals surface area contributed by atoms with Gasteiger partial charge in [0.1, 0.15) is 0 Å². The standard InChI is InChI=1S/C16H17N3O4S/c20-16(18-14-7-4-8-15(11-14)19(21)22)17-9-10-24(23)12-13-5-2-1-3-6-13/h1-8,11H,9-10,12H2,(H2,17,18,20)/t24-/m1/s1. The van der Waals surface area contributed by atoms with Crippen molar-refractivity contribution >= 4 is 28.2 Å². The van der Waals surface area contributed by atoms with Crippen molar-refractivity contribution < 1.29 is 13.9 Å². The van der Waals surface area contributed by atoms with Crippen molar-refractivity contribution in [2.45, 2.75) is 5.75 Å². The monoisotopic (exact) mass is 347 g/mol. The molecule has 0 bridgehead atoms. The molecule has 7 nitrogen and oxygen atoms in total. The number of urea groups is 1. The maximum absolute atomic E-state index is 11.9. The Morgan fingerprint density at radius 3 is 2.58 bits per heavy atom. The molecule has 2 N–H and O–H groups in total. The van der Waals surface area contributed by atoms with E-state index in [4.69, 9.17) is 0 Å². The fourth-order valence-corrected chi connectivity index (χ4v) is 3.02. The third kappa shape index (κ3) is 5.81. The smallest absolute Gasteiger partial charge is 0.319 e. The number of nitro groups is 1. The Bertz CT molecular complexity index is 737. The average molecular weight is 347 g/mol. The number of benzene rings is 2. The van der Waals surface area contributed by atoms with Gasteiger partial charge >= 0.3 is 6.03 Å². The van der Waals surface area contributed by atoms with Gasteiger partial charge in [0.2, 0.25) is 0 Å². The number of anilines is 1. The van der Waals surface area contributed by atoms with E-state index >= 15 is 0 Å². The topological polar surface area (TPSA) is 101 Å². The van der Waals surface area contributed by atoms with Gasteiger partial charge < -0.3 is 10.6 Å². The second-order valence-electron chi connectivity index (χ2n) is 4.96. The first kappa shape index (κ1) is 17.6. The highest BCUT2D eigenvalue weighted by Crippen LogP contribution is 2.16. The lowest BCUT2D eigenvalue weighted by Crippen LogP contribution is -2.32. The second-order valence-corrected chi connectivity index (χ2v) is 6.54. The lowest BCUT2D eigenvalue weighted by Gasteiger charge is -2.07. The Balaban J connectivity index is 1.74. The van der Waals surface area contributed by atoms with Crippen LogP contribution in [0, 0.1) is 10.1 Å². The lowest BCUT2D eigenvalue weighted by atomic mass is 10.2. The Morgan fingerprint density at radius 1 is 1.12 bits per heavy atom. The number of nitrogens with one attached hydrogen (secondary N) is 2. The van der Waals surface area contributed by atoms with Gasteiger partial charge in [0.15, 0.2) is 0 Å². The molecule has 24 heavy (non-hydrogen) atoms. The Morgan fingerprint density at radius 2 is 1.88 bits per heavy atom. The zero-order valence-corrected chi connectivity index (χ0v) is 13.6. The van der Waals surface area contributed by atoms with Gasteiger partial charge in [-0.15, -0.1) is 0 Å². The van der Waals surface area contributed by atoms with Crippen molar-refractivity contribution in [1.29, 1.82) is 0 Å². The minimum Gasteiger partial charge on any atom is -0.337 e. The Hall–Kier alpha value is -2.74. The fraction of sp³-hybridized carbons (Fsp3) is 0.188. The third-order valence-electron chi connectivity index (χ3n) is 3.10. The van der Waals surface area contributed by atoms with Crippen molar-refractivity contribution in [2.75, 3.05) is 17.6 Å². The van der Waals surface area contributed by atoms with E-state index in [0.29, 0.717) is 17.2 Å². The minimum atomic E-state index is -1.08. The summed E-state index contributed by atoms with van der Waals surface area (Å²) < 4.78 is 11.9. The highest BCUT2D eigenvalue weighted by atomic mass is 32.2. The molecule has 0 radical (unpaired) electrons. The van der Waals surface area contributed by atoms with Gasteiger partial charge in [0.05, 0.1) is 4.92 Å². The van der Waals surface area contributed by atoms with E-state index in [1.807, 2.05) is 30.3 Å². The lowest BCUT2D eigenvalue weighted by molar-refractivity contribution is -0.384. The highest BCUT2D eigenvalue weighted by Gasteiger charge is 2.08. The number of carbonyl (C=O) groups excluding carboxylic acids is 1. The SMILES string of the molecule is O=C(NCC[S@@](=O)Cc1ccccc1)Nc1cccc([N+](=O)[O-])c1. The van der Waals surface area contributed by atoms with Crippen LogP contribution >= 0.6 is 0 Å². The van der Waals surface area contributed by atoms with Crippen LogP contribution in [0.1, 0.15) is 5.56 Å². The average Bonchev–Trinajstić information content (AvgIpc) is 2.56. The van der Waals surface area contributed by atoms with Crippen molar-refractivity contribution in [3.8, 4) is 0 Å². The van der Waals surface area contributed by atoms with Crippen LogP contribution in [0.15, 0.2) is 54.6 Å². The molecular formula is C16H17N3O4S. The van der Waals surface area contributed by atoms with Gasteiger partial charge in [-0.3, -0.25) is 14.3 Å². The van der Waals surface area contributed by atoms with E-state index in [2.05, 4.69) is 10.6 Å². The van der Waals surface area contributed by atoms with Gasteiger partial charge in [-0.2, -0.15) is 0 Å². The largest absolute Gasteiger partial charge is 0.337 e. The molecule has 0 aliphatic carbocycles. The number of hydrogen-bond donors (Lipinski definition) is 2. The number of nitrogens with zero attached hydrogens (tertiary/aromatic N) is 1. The summed E-state index contributed by atoms with van der Waals surface area (Å²) in [6, 6.07) is 14.6. The van der Waals surface area contributed by atoms with E-state index in [1.165, 1.54) is 18.2 Å². The van der Waals surface area contributed by atoms with Crippen LogP contribution in [-0.2, 0) is 16.6 Å². The van der Waals surface area contributed by atoms with E-state index in [9.17, 15) is 19.1 Å². The number of amides is 2. The van der Waals surface area contributed by atoms with Gasteiger partial charge in [0.25, 0.3) is 5.69 Å². The molecule has 0 unspecified atom stereocenters. The molecule has 0 saturated carbocycles. The molecule has 2 amide bonds. The number of nitro benzene ring substituents is 1. The van der Waals surface area contributed by atoms with Crippen LogP contribution in [0.5, 0.6) is 0 Å². The summed E-state index contributed by atoms with van der Waals surface area (Å²) in [5.41, 5.74) is 1.21. The van der Waals surface area contributed by atoms with E-state index in [0.717, 1.165) is 5.56 Å². The summed E-state index contributed by atoms with van der Waals surface area (Å²) in [4.78, 5) is 21.9. The van der Waals surface area contributed by atoms with E-state index < -0.39 is 21.8 Å². The van der Waals surface area contributed by atoms with Crippen molar-refractivity contribution in [3.05, 3.63) is 70.3 Å². The van der Waals surface area contributed by atoms with Gasteiger partial charge in [-0.25, -0.2) is 4.79 Å². The number of carbonyl (C=O) groups is 1. The molecule has 2 rings (SSSR count). The Labute approximate surface area is 141 Å². The van der Waals surface area contributed by atoms with Crippen LogP contribution in [-0.4, -0.2) is 27.5 Å². The summed E-state index contributed by atoms with van der Waals surface area (Å²) in [6.07, 6.45) is 0. The summed E-state index contributed by atoms with van der Waals surface area (Å²) in [7, 11) is -1.08. The first-order valence-corrected chi connectivity index (χ1v) is 8.71. The molecule has 0 heterocycles. The molecule has 1 atom stereocenters. The number of rotatable bonds is 7. The van der Waals surface area contributed by atoms with Crippen LogP contribution < -0.4 is 10.6 Å². The summed E-state index contributed by atoms with van der Waals surface area (Å²) in [5.74, 6) is 0.770. The van der Waals surface area contributed by atoms with Gasteiger partial charge in [-0.1, -0.05) is 36.4 Å². The maximum Gasteiger partial charge on any atom is 0.319 e. The van der Waals surface area contributed by atoms with Crippen molar-refractivity contribution in [2.24, 2.45) is 0 Å². The van der Waals surface area contributed by atoms with Crippen LogP contribution in [0.2, 0.25) is 0 Å². The second kappa shape index (κ2) is 8.78. The van der Waals surface area contributed by atoms with E-state index in [1.54, 1.807) is 6.07 Å². The number of non-ortho nitro benzene ring substituents is 1. The molecule has 0 fully saturated rings. The Kier molecular flexibility index (Phi) is 6.44. The molecule has 2 aromatic carbocycles. The molecule has 0 saturated heterocycles. The zero-order valence-electron chi connectivity index (χ0n) is 12.8. The molecular weight excluding hydrogens is 330 g/mol. The first-order valence-electron chi connectivity index (χ1n) is 7.23. The normalized spacial score (nSPS) is 11.5. The molecule has 2 aromatic rings. The predicted molar refractivity (Wildman–Crippen MR) is 93.3 cm³/mol. The van der Waals surface area contributed by atoms with Gasteiger partial charge in [0, 0.05) is 46.7 Å². The summed E-state index contributed by atoms with van der Waals surface area (Å²) >= 11 is 0. The summed E-state index contributed by atoms with van der Waals surface area (Å²) in [5, 5.41) is 15.8. The van der Waals surface area contributed by atoms with Crippen LogP contribution in [0.3, 0.4) is 0 Å². The van der Waals surface area contributed by atoms with Crippen molar-refractivity contribution in [1.82, 2.24) is 5.32 Å². The predicted octanol–water partition coefficient (Wildman–Crippen LogP) is 2.67. The highest BCUT2D eigenvalue weighted by molar-refractivity contribution is 7.84. The molecule has 8 heteroatoms. The molecule has 0 aliphatic heterocycles. The third-order valence-corrected chi connectivity index (χ3v) is 4.42. The first-order chi connectivity index (χ1) is 11.5. The molecule has 126 valence electrons. The molecule has 0 aromatic heterocycles. The number of hydrogen-bond acceptors (Lipinski definition) is 4. The molecule has 0 aliphatic rings. The van der Waals surface area contributed by atoms with Gasteiger partial charge in [-0.05, 0) is 11.6 Å². The summed E-state index contributed by atoms with van der Waals surface area (Å²) in [6.45, 7) is 0.250. The maximum atomic E-state index is 11.9. The zero-order chi connectivity index (χ0) is 17.4. The van der Waals surface area contributed by atoms with Crippen LogP contribution in [0.4, 0.5) is 16.2 Å². The molecule has 0 spiro atoms. The van der Waals surface area contributed by atoms with Crippen LogP contribution in [0.25, 0.3) is 0 Å².